The molecule has 0 radical (unpaired) electrons. The molecule has 1 saturated heterocycles. The lowest BCUT2D eigenvalue weighted by Gasteiger charge is -2.32. The van der Waals surface area contributed by atoms with Gasteiger partial charge in [-0.3, -0.25) is 4.79 Å². The van der Waals surface area contributed by atoms with Crippen LogP contribution in [0.4, 0.5) is 0 Å². The molecular formula is C21H24N2O4S2. The summed E-state index contributed by atoms with van der Waals surface area (Å²) in [6, 6.07) is 14.6. The Bertz CT molecular complexity index is 959. The van der Waals surface area contributed by atoms with Crippen LogP contribution >= 0.6 is 11.8 Å². The summed E-state index contributed by atoms with van der Waals surface area (Å²) in [6.07, 6.45) is 1.98. The number of ether oxygens (including phenoxy) is 1. The Labute approximate surface area is 175 Å². The minimum atomic E-state index is -3.53. The monoisotopic (exact) mass is 432 g/mol. The standard InChI is InChI=1S/C21H24N2O4S2/c1-27-17-6-8-18(9-7-17)29(25,26)23-12-10-16(11-13-23)22-21(24)20-14-15-4-2-3-5-19(15)28-20/h2-9,16,20H,10-14H2,1H3,(H,22,24). The van der Waals surface area contributed by atoms with Gasteiger partial charge in [0.15, 0.2) is 0 Å². The molecule has 8 heteroatoms. The van der Waals surface area contributed by atoms with Gasteiger partial charge < -0.3 is 10.1 Å². The lowest BCUT2D eigenvalue weighted by Crippen LogP contribution is -2.48. The molecule has 2 heterocycles. The minimum Gasteiger partial charge on any atom is -0.497 e. The number of nitrogens with zero attached hydrogens (tertiary/aromatic N) is 1. The van der Waals surface area contributed by atoms with Crippen LogP contribution in [-0.4, -0.2) is 50.1 Å². The average molecular weight is 433 g/mol. The first-order chi connectivity index (χ1) is 14.0. The van der Waals surface area contributed by atoms with Crippen molar-refractivity contribution >= 4 is 27.7 Å². The number of rotatable bonds is 5. The SMILES string of the molecule is COc1ccc(S(=O)(=O)N2CCC(NC(=O)C3Cc4ccccc4S3)CC2)cc1. The Kier molecular flexibility index (Phi) is 5.85. The highest BCUT2D eigenvalue weighted by atomic mass is 32.2. The number of hydrogen-bond donors (Lipinski definition) is 1. The van der Waals surface area contributed by atoms with Gasteiger partial charge in [-0.05, 0) is 55.2 Å². The van der Waals surface area contributed by atoms with Crippen molar-refractivity contribution in [3.8, 4) is 5.75 Å². The molecule has 4 rings (SSSR count). The van der Waals surface area contributed by atoms with Crippen molar-refractivity contribution < 1.29 is 17.9 Å². The van der Waals surface area contributed by atoms with Crippen LogP contribution in [0.1, 0.15) is 18.4 Å². The molecule has 0 spiro atoms. The molecule has 0 aliphatic carbocycles. The maximum Gasteiger partial charge on any atom is 0.243 e. The summed E-state index contributed by atoms with van der Waals surface area (Å²) < 4.78 is 32.3. The van der Waals surface area contributed by atoms with Crippen molar-refractivity contribution in [1.29, 1.82) is 0 Å². The van der Waals surface area contributed by atoms with Crippen molar-refractivity contribution in [2.24, 2.45) is 0 Å². The van der Waals surface area contributed by atoms with E-state index in [0.717, 1.165) is 6.42 Å². The van der Waals surface area contributed by atoms with Gasteiger partial charge in [-0.1, -0.05) is 18.2 Å². The summed E-state index contributed by atoms with van der Waals surface area (Å²) in [4.78, 5) is 14.1. The first-order valence-corrected chi connectivity index (χ1v) is 12.0. The van der Waals surface area contributed by atoms with E-state index >= 15 is 0 Å². The topological polar surface area (TPSA) is 75.7 Å². The maximum atomic E-state index is 12.8. The normalized spacial score (nSPS) is 20.2. The molecule has 29 heavy (non-hydrogen) atoms. The molecule has 2 aromatic carbocycles. The van der Waals surface area contributed by atoms with Crippen LogP contribution in [-0.2, 0) is 21.2 Å². The Morgan fingerprint density at radius 2 is 1.79 bits per heavy atom. The van der Waals surface area contributed by atoms with E-state index in [1.807, 2.05) is 12.1 Å². The van der Waals surface area contributed by atoms with E-state index in [2.05, 4.69) is 17.4 Å². The van der Waals surface area contributed by atoms with Crippen molar-refractivity contribution in [2.75, 3.05) is 20.2 Å². The quantitative estimate of drug-likeness (QED) is 0.786. The third-order valence-corrected chi connectivity index (χ3v) is 8.67. The Hall–Kier alpha value is -2.03. The van der Waals surface area contributed by atoms with E-state index in [1.165, 1.54) is 14.8 Å². The van der Waals surface area contributed by atoms with E-state index in [1.54, 1.807) is 43.1 Å². The summed E-state index contributed by atoms with van der Waals surface area (Å²) >= 11 is 1.61. The molecule has 0 aromatic heterocycles. The van der Waals surface area contributed by atoms with Crippen molar-refractivity contribution in [3.63, 3.8) is 0 Å². The van der Waals surface area contributed by atoms with Gasteiger partial charge in [-0.2, -0.15) is 4.31 Å². The second kappa shape index (κ2) is 8.38. The van der Waals surface area contributed by atoms with E-state index in [9.17, 15) is 13.2 Å². The van der Waals surface area contributed by atoms with E-state index < -0.39 is 10.0 Å². The number of piperidine rings is 1. The molecule has 0 saturated carbocycles. The Morgan fingerprint density at radius 1 is 1.10 bits per heavy atom. The van der Waals surface area contributed by atoms with Crippen LogP contribution in [0.15, 0.2) is 58.3 Å². The van der Waals surface area contributed by atoms with E-state index in [-0.39, 0.29) is 22.1 Å². The van der Waals surface area contributed by atoms with Crippen LogP contribution in [0.5, 0.6) is 5.75 Å². The number of methoxy groups -OCH3 is 1. The molecule has 1 unspecified atom stereocenters. The molecule has 1 atom stereocenters. The van der Waals surface area contributed by atoms with Gasteiger partial charge in [0.1, 0.15) is 5.75 Å². The predicted molar refractivity (Wildman–Crippen MR) is 113 cm³/mol. The largest absolute Gasteiger partial charge is 0.497 e. The van der Waals surface area contributed by atoms with Gasteiger partial charge in [0.2, 0.25) is 15.9 Å². The van der Waals surface area contributed by atoms with Crippen LogP contribution in [0.3, 0.4) is 0 Å². The summed E-state index contributed by atoms with van der Waals surface area (Å²) in [5.41, 5.74) is 1.22. The zero-order valence-electron chi connectivity index (χ0n) is 16.2. The predicted octanol–water partition coefficient (Wildman–Crippen LogP) is 2.68. The van der Waals surface area contributed by atoms with Gasteiger partial charge >= 0.3 is 0 Å². The fourth-order valence-corrected chi connectivity index (χ4v) is 6.43. The van der Waals surface area contributed by atoms with Crippen LogP contribution in [0.2, 0.25) is 0 Å². The molecule has 6 nitrogen and oxygen atoms in total. The summed E-state index contributed by atoms with van der Waals surface area (Å²) in [5, 5.41) is 3.02. The summed E-state index contributed by atoms with van der Waals surface area (Å²) in [7, 11) is -1.98. The van der Waals surface area contributed by atoms with Gasteiger partial charge in [0.25, 0.3) is 0 Å². The molecule has 1 N–H and O–H groups in total. The van der Waals surface area contributed by atoms with Crippen molar-refractivity contribution in [3.05, 3.63) is 54.1 Å². The zero-order valence-corrected chi connectivity index (χ0v) is 17.8. The van der Waals surface area contributed by atoms with Gasteiger partial charge in [-0.15, -0.1) is 11.8 Å². The Morgan fingerprint density at radius 3 is 2.45 bits per heavy atom. The number of nitrogens with one attached hydrogen (secondary N) is 1. The van der Waals surface area contributed by atoms with Gasteiger partial charge in [-0.25, -0.2) is 8.42 Å². The zero-order chi connectivity index (χ0) is 20.4. The smallest absolute Gasteiger partial charge is 0.243 e. The van der Waals surface area contributed by atoms with Gasteiger partial charge in [0.05, 0.1) is 17.3 Å². The number of carbonyl (C=O) groups excluding carboxylic acids is 1. The second-order valence-corrected chi connectivity index (χ2v) is 10.5. The van der Waals surface area contributed by atoms with Crippen LogP contribution in [0, 0.1) is 0 Å². The van der Waals surface area contributed by atoms with Crippen molar-refractivity contribution in [1.82, 2.24) is 9.62 Å². The van der Waals surface area contributed by atoms with E-state index in [0.29, 0.717) is 31.7 Å². The lowest BCUT2D eigenvalue weighted by atomic mass is 10.1. The third kappa shape index (κ3) is 4.29. The van der Waals surface area contributed by atoms with Crippen LogP contribution < -0.4 is 10.1 Å². The highest BCUT2D eigenvalue weighted by Crippen LogP contribution is 2.37. The number of thioether (sulfide) groups is 1. The second-order valence-electron chi connectivity index (χ2n) is 7.28. The maximum absolute atomic E-state index is 12.8. The highest BCUT2D eigenvalue weighted by molar-refractivity contribution is 8.01. The molecule has 0 bridgehead atoms. The highest BCUT2D eigenvalue weighted by Gasteiger charge is 2.33. The first-order valence-electron chi connectivity index (χ1n) is 9.66. The summed E-state index contributed by atoms with van der Waals surface area (Å²) in [6.45, 7) is 0.800. The molecule has 1 fully saturated rings. The average Bonchev–Trinajstić information content (AvgIpc) is 3.19. The minimum absolute atomic E-state index is 0.00845. The van der Waals surface area contributed by atoms with E-state index in [4.69, 9.17) is 4.74 Å². The third-order valence-electron chi connectivity index (χ3n) is 5.44. The first kappa shape index (κ1) is 20.3. The molecule has 2 aliphatic heterocycles. The molecule has 1 amide bonds. The number of hydrogen-bond acceptors (Lipinski definition) is 5. The molecule has 2 aliphatic rings. The fraction of sp³-hybridized carbons (Fsp3) is 0.381. The number of sulfonamides is 1. The number of carbonyl (C=O) groups is 1. The molecular weight excluding hydrogens is 408 g/mol. The Balaban J connectivity index is 1.32. The number of fused-ring (bicyclic) bond motifs is 1. The van der Waals surface area contributed by atoms with Crippen molar-refractivity contribution in [2.45, 2.75) is 40.3 Å². The number of amides is 1. The lowest BCUT2D eigenvalue weighted by molar-refractivity contribution is -0.121. The van der Waals surface area contributed by atoms with Gasteiger partial charge in [0, 0.05) is 24.0 Å². The summed E-state index contributed by atoms with van der Waals surface area (Å²) in [5.74, 6) is 0.667. The fourth-order valence-electron chi connectivity index (χ4n) is 3.76. The molecule has 2 aromatic rings. The molecule has 154 valence electrons. The van der Waals surface area contributed by atoms with Crippen LogP contribution in [0.25, 0.3) is 0 Å². The number of benzene rings is 2.